The van der Waals surface area contributed by atoms with Gasteiger partial charge < -0.3 is 10.8 Å². The molecule has 0 aliphatic heterocycles. The van der Waals surface area contributed by atoms with Gasteiger partial charge in [-0.15, -0.1) is 0 Å². The van der Waals surface area contributed by atoms with Crippen molar-refractivity contribution < 1.29 is 17.9 Å². The smallest absolute Gasteiger partial charge is 0.241 e. The molecule has 1 rings (SSSR count). The molecule has 114 valence electrons. The van der Waals surface area contributed by atoms with Crippen molar-refractivity contribution in [2.45, 2.75) is 44.6 Å². The largest absolute Gasteiger partial charge is 0.396 e. The fourth-order valence-electron chi connectivity index (χ4n) is 2.12. The third-order valence-corrected chi connectivity index (χ3v) is 5.00. The molecule has 0 aliphatic rings. The zero-order valence-electron chi connectivity index (χ0n) is 11.9. The van der Waals surface area contributed by atoms with Gasteiger partial charge in [-0.2, -0.15) is 0 Å². The van der Waals surface area contributed by atoms with Crippen LogP contribution in [0.25, 0.3) is 0 Å². The third kappa shape index (κ3) is 3.68. The lowest BCUT2D eigenvalue weighted by atomic mass is 10.1. The summed E-state index contributed by atoms with van der Waals surface area (Å²) >= 11 is 0. The third-order valence-electron chi connectivity index (χ3n) is 3.12. The number of halogens is 1. The summed E-state index contributed by atoms with van der Waals surface area (Å²) in [4.78, 5) is 0.0206. The molecule has 0 aromatic heterocycles. The van der Waals surface area contributed by atoms with Gasteiger partial charge in [0, 0.05) is 12.6 Å². The normalized spacial score (nSPS) is 13.4. The average Bonchev–Trinajstić information content (AvgIpc) is 2.32. The highest BCUT2D eigenvalue weighted by Gasteiger charge is 2.24. The summed E-state index contributed by atoms with van der Waals surface area (Å²) < 4.78 is 40.7. The first-order valence-corrected chi connectivity index (χ1v) is 7.87. The Hall–Kier alpha value is -1.18. The number of nitrogens with two attached hydrogens (primary N) is 1. The highest BCUT2D eigenvalue weighted by molar-refractivity contribution is 7.89. The van der Waals surface area contributed by atoms with Gasteiger partial charge in [-0.1, -0.05) is 0 Å². The monoisotopic (exact) mass is 304 g/mol. The van der Waals surface area contributed by atoms with Crippen LogP contribution in [0.4, 0.5) is 10.1 Å². The molecule has 0 radical (unpaired) electrons. The fraction of sp³-hybridized carbons (Fsp3) is 0.538. The summed E-state index contributed by atoms with van der Waals surface area (Å²) in [5.74, 6) is -0.618. The van der Waals surface area contributed by atoms with E-state index in [1.165, 1.54) is 13.8 Å². The van der Waals surface area contributed by atoms with Crippen LogP contribution in [0.5, 0.6) is 0 Å². The summed E-state index contributed by atoms with van der Waals surface area (Å²) in [7, 11) is -3.77. The number of sulfonamides is 1. The Morgan fingerprint density at radius 2 is 2.05 bits per heavy atom. The number of nitrogen functional groups attached to an aromatic ring is 1. The van der Waals surface area contributed by atoms with Crippen LogP contribution in [0.2, 0.25) is 0 Å². The molecular weight excluding hydrogens is 283 g/mol. The van der Waals surface area contributed by atoms with E-state index in [-0.39, 0.29) is 28.8 Å². The van der Waals surface area contributed by atoms with Crippen LogP contribution in [-0.2, 0) is 10.0 Å². The van der Waals surface area contributed by atoms with E-state index < -0.39 is 15.8 Å². The van der Waals surface area contributed by atoms with Gasteiger partial charge >= 0.3 is 0 Å². The van der Waals surface area contributed by atoms with E-state index in [4.69, 9.17) is 10.8 Å². The molecule has 0 amide bonds. The number of nitrogens with one attached hydrogen (secondary N) is 1. The van der Waals surface area contributed by atoms with Gasteiger partial charge in [0.2, 0.25) is 10.0 Å². The Bertz CT molecular complexity index is 588. The number of hydrogen-bond acceptors (Lipinski definition) is 4. The van der Waals surface area contributed by atoms with E-state index in [0.29, 0.717) is 18.4 Å². The van der Waals surface area contributed by atoms with E-state index in [1.54, 1.807) is 6.92 Å². The molecular formula is C13H21FN2O3S. The number of aryl methyl sites for hydroxylation is 1. The van der Waals surface area contributed by atoms with Crippen molar-refractivity contribution in [3.8, 4) is 0 Å². The number of aliphatic hydroxyl groups is 1. The Kier molecular flexibility index (Phi) is 5.50. The van der Waals surface area contributed by atoms with Crippen molar-refractivity contribution >= 4 is 15.7 Å². The standard InChI is InChI=1S/C13H21FN2O3S/c1-8-7-11(14)12(15)10(3)13(8)20(18,19)16-9(2)5-4-6-17/h7,9,16-17H,4-6,15H2,1-3H3. The van der Waals surface area contributed by atoms with Gasteiger partial charge in [0.1, 0.15) is 5.82 Å². The summed E-state index contributed by atoms with van der Waals surface area (Å²) in [6, 6.07) is 0.798. The van der Waals surface area contributed by atoms with Gasteiger partial charge in [-0.3, -0.25) is 0 Å². The van der Waals surface area contributed by atoms with Crippen LogP contribution in [0.3, 0.4) is 0 Å². The summed E-state index contributed by atoms with van der Waals surface area (Å²) in [5.41, 5.74) is 5.93. The molecule has 0 fully saturated rings. The van der Waals surface area contributed by atoms with E-state index in [2.05, 4.69) is 4.72 Å². The van der Waals surface area contributed by atoms with Crippen molar-refractivity contribution in [1.29, 1.82) is 0 Å². The van der Waals surface area contributed by atoms with Crippen molar-refractivity contribution in [1.82, 2.24) is 4.72 Å². The quantitative estimate of drug-likeness (QED) is 0.694. The second-order valence-corrected chi connectivity index (χ2v) is 6.58. The van der Waals surface area contributed by atoms with Gasteiger partial charge in [0.05, 0.1) is 10.6 Å². The fourth-order valence-corrected chi connectivity index (χ4v) is 3.89. The minimum atomic E-state index is -3.77. The highest BCUT2D eigenvalue weighted by Crippen LogP contribution is 2.27. The molecule has 0 spiro atoms. The molecule has 20 heavy (non-hydrogen) atoms. The number of benzene rings is 1. The number of anilines is 1. The molecule has 0 saturated heterocycles. The van der Waals surface area contributed by atoms with Crippen molar-refractivity contribution in [3.05, 3.63) is 23.0 Å². The molecule has 0 heterocycles. The van der Waals surface area contributed by atoms with Gasteiger partial charge in [-0.25, -0.2) is 17.5 Å². The summed E-state index contributed by atoms with van der Waals surface area (Å²) in [6.07, 6.45) is 1.03. The molecule has 1 atom stereocenters. The van der Waals surface area contributed by atoms with Gasteiger partial charge in [0.25, 0.3) is 0 Å². The van der Waals surface area contributed by atoms with Crippen molar-refractivity contribution in [2.24, 2.45) is 0 Å². The van der Waals surface area contributed by atoms with Gasteiger partial charge in [-0.05, 0) is 50.8 Å². The van der Waals surface area contributed by atoms with Crippen molar-refractivity contribution in [2.75, 3.05) is 12.3 Å². The average molecular weight is 304 g/mol. The molecule has 0 bridgehead atoms. The maximum absolute atomic E-state index is 13.5. The zero-order valence-corrected chi connectivity index (χ0v) is 12.7. The first-order chi connectivity index (χ1) is 9.20. The van der Waals surface area contributed by atoms with Crippen LogP contribution in [0.15, 0.2) is 11.0 Å². The lowest BCUT2D eigenvalue weighted by molar-refractivity contribution is 0.279. The molecule has 1 unspecified atom stereocenters. The SMILES string of the molecule is Cc1cc(F)c(N)c(C)c1S(=O)(=O)NC(C)CCCO. The lowest BCUT2D eigenvalue weighted by Crippen LogP contribution is -2.33. The maximum atomic E-state index is 13.5. The van der Waals surface area contributed by atoms with E-state index >= 15 is 0 Å². The Morgan fingerprint density at radius 1 is 1.45 bits per heavy atom. The Morgan fingerprint density at radius 3 is 2.60 bits per heavy atom. The Labute approximate surface area is 119 Å². The molecule has 0 saturated carbocycles. The molecule has 0 aliphatic carbocycles. The summed E-state index contributed by atoms with van der Waals surface area (Å²) in [6.45, 7) is 4.74. The lowest BCUT2D eigenvalue weighted by Gasteiger charge is -2.18. The number of hydrogen-bond donors (Lipinski definition) is 3. The predicted octanol–water partition coefficient (Wildman–Crippen LogP) is 1.46. The number of aliphatic hydroxyl groups excluding tert-OH is 1. The zero-order chi connectivity index (χ0) is 15.5. The first kappa shape index (κ1) is 16.9. The second-order valence-electron chi connectivity index (χ2n) is 4.93. The molecule has 7 heteroatoms. The van der Waals surface area contributed by atoms with Crippen LogP contribution >= 0.6 is 0 Å². The number of rotatable bonds is 6. The molecule has 1 aromatic carbocycles. The Balaban J connectivity index is 3.14. The summed E-state index contributed by atoms with van der Waals surface area (Å²) in [5, 5.41) is 8.75. The van der Waals surface area contributed by atoms with Crippen molar-refractivity contribution in [3.63, 3.8) is 0 Å². The molecule has 1 aromatic rings. The molecule has 4 N–H and O–H groups in total. The van der Waals surface area contributed by atoms with Crippen LogP contribution in [0, 0.1) is 19.7 Å². The van der Waals surface area contributed by atoms with E-state index in [0.717, 1.165) is 6.07 Å². The second kappa shape index (κ2) is 6.51. The van der Waals surface area contributed by atoms with Crippen LogP contribution in [-0.4, -0.2) is 26.2 Å². The minimum absolute atomic E-state index is 0.00756. The minimum Gasteiger partial charge on any atom is -0.396 e. The predicted molar refractivity (Wildman–Crippen MR) is 76.4 cm³/mol. The highest BCUT2D eigenvalue weighted by atomic mass is 32.2. The maximum Gasteiger partial charge on any atom is 0.241 e. The van der Waals surface area contributed by atoms with Crippen LogP contribution < -0.4 is 10.5 Å². The topological polar surface area (TPSA) is 92.4 Å². The van der Waals surface area contributed by atoms with Crippen LogP contribution in [0.1, 0.15) is 30.9 Å². The molecule has 5 nitrogen and oxygen atoms in total. The first-order valence-electron chi connectivity index (χ1n) is 6.39. The van der Waals surface area contributed by atoms with E-state index in [1.807, 2.05) is 0 Å². The van der Waals surface area contributed by atoms with Gasteiger partial charge in [0.15, 0.2) is 0 Å². The van der Waals surface area contributed by atoms with E-state index in [9.17, 15) is 12.8 Å².